The average molecular weight is 379 g/mol. The van der Waals surface area contributed by atoms with Crippen LogP contribution >= 0.6 is 11.6 Å². The quantitative estimate of drug-likeness (QED) is 0.515. The molecule has 0 radical (unpaired) electrons. The number of aromatic nitrogens is 1. The van der Waals surface area contributed by atoms with E-state index in [0.717, 1.165) is 5.56 Å². The fraction of sp³-hybridized carbons (Fsp3) is 0.0476. The van der Waals surface area contributed by atoms with E-state index in [2.05, 4.69) is 10.3 Å². The first-order chi connectivity index (χ1) is 13.1. The van der Waals surface area contributed by atoms with Gasteiger partial charge in [-0.05, 0) is 48.5 Å². The van der Waals surface area contributed by atoms with Crippen molar-refractivity contribution in [1.82, 2.24) is 4.98 Å². The van der Waals surface area contributed by atoms with Crippen LogP contribution in [0.1, 0.15) is 10.4 Å². The maximum Gasteiger partial charge on any atom is 0.255 e. The maximum absolute atomic E-state index is 12.4. The van der Waals surface area contributed by atoms with Gasteiger partial charge in [0.25, 0.3) is 5.91 Å². The number of benzene rings is 3. The van der Waals surface area contributed by atoms with Crippen molar-refractivity contribution in [2.24, 2.45) is 0 Å². The van der Waals surface area contributed by atoms with E-state index in [4.69, 9.17) is 20.8 Å². The number of hydrogen-bond acceptors (Lipinski definition) is 4. The van der Waals surface area contributed by atoms with Crippen LogP contribution in [0.3, 0.4) is 0 Å². The molecule has 0 aliphatic heterocycles. The van der Waals surface area contributed by atoms with Crippen molar-refractivity contribution >= 4 is 34.3 Å². The van der Waals surface area contributed by atoms with E-state index in [1.165, 1.54) is 0 Å². The molecular weight excluding hydrogens is 364 g/mol. The van der Waals surface area contributed by atoms with Crippen LogP contribution < -0.4 is 10.1 Å². The number of nitrogens with zero attached hydrogens (tertiary/aromatic N) is 1. The lowest BCUT2D eigenvalue weighted by Gasteiger charge is -2.06. The largest absolute Gasteiger partial charge is 0.497 e. The molecule has 27 heavy (non-hydrogen) atoms. The van der Waals surface area contributed by atoms with Crippen molar-refractivity contribution in [2.45, 2.75) is 0 Å². The Morgan fingerprint density at radius 3 is 2.59 bits per heavy atom. The Labute approximate surface area is 160 Å². The van der Waals surface area contributed by atoms with E-state index in [1.54, 1.807) is 55.6 Å². The molecular formula is C21H15ClN2O3. The van der Waals surface area contributed by atoms with Gasteiger partial charge in [0.2, 0.25) is 5.89 Å². The smallest absolute Gasteiger partial charge is 0.255 e. The summed E-state index contributed by atoms with van der Waals surface area (Å²) in [7, 11) is 1.58. The first-order valence-electron chi connectivity index (χ1n) is 8.25. The topological polar surface area (TPSA) is 64.4 Å². The number of rotatable bonds is 4. The Hall–Kier alpha value is -3.31. The minimum atomic E-state index is -0.220. The summed E-state index contributed by atoms with van der Waals surface area (Å²) in [5.41, 5.74) is 3.12. The second-order valence-electron chi connectivity index (χ2n) is 5.86. The molecule has 3 aromatic carbocycles. The zero-order valence-electron chi connectivity index (χ0n) is 14.4. The molecule has 0 saturated heterocycles. The molecule has 1 amide bonds. The van der Waals surface area contributed by atoms with Gasteiger partial charge in [-0.2, -0.15) is 0 Å². The summed E-state index contributed by atoms with van der Waals surface area (Å²) in [6.07, 6.45) is 0. The molecule has 0 atom stereocenters. The van der Waals surface area contributed by atoms with Crippen LogP contribution in [0.4, 0.5) is 5.69 Å². The molecule has 0 saturated carbocycles. The molecule has 4 rings (SSSR count). The van der Waals surface area contributed by atoms with Crippen LogP contribution in [-0.4, -0.2) is 18.0 Å². The van der Waals surface area contributed by atoms with E-state index in [1.807, 2.05) is 18.2 Å². The van der Waals surface area contributed by atoms with Crippen molar-refractivity contribution < 1.29 is 13.9 Å². The number of nitrogens with one attached hydrogen (secondary N) is 1. The van der Waals surface area contributed by atoms with Crippen LogP contribution in [0, 0.1) is 0 Å². The highest BCUT2D eigenvalue weighted by atomic mass is 35.5. The van der Waals surface area contributed by atoms with Crippen LogP contribution in [0.2, 0.25) is 5.02 Å². The van der Waals surface area contributed by atoms with Gasteiger partial charge in [-0.15, -0.1) is 0 Å². The normalized spacial score (nSPS) is 10.7. The van der Waals surface area contributed by atoms with E-state index < -0.39 is 0 Å². The van der Waals surface area contributed by atoms with Gasteiger partial charge in [0, 0.05) is 17.3 Å². The first kappa shape index (κ1) is 17.1. The maximum atomic E-state index is 12.4. The zero-order chi connectivity index (χ0) is 18.8. The molecule has 6 heteroatoms. The molecule has 1 aromatic heterocycles. The molecule has 134 valence electrons. The molecule has 5 nitrogen and oxygen atoms in total. The van der Waals surface area contributed by atoms with Crippen LogP contribution in [0.25, 0.3) is 22.6 Å². The molecule has 0 aliphatic rings. The Bertz CT molecular complexity index is 1120. The van der Waals surface area contributed by atoms with Gasteiger partial charge < -0.3 is 14.5 Å². The number of carbonyl (C=O) groups is 1. The van der Waals surface area contributed by atoms with Crippen molar-refractivity contribution in [3.8, 4) is 17.2 Å². The Morgan fingerprint density at radius 2 is 1.85 bits per heavy atom. The number of carbonyl (C=O) groups excluding carboxylic acids is 1. The lowest BCUT2D eigenvalue weighted by atomic mass is 10.2. The number of anilines is 1. The van der Waals surface area contributed by atoms with Gasteiger partial charge in [-0.1, -0.05) is 23.7 Å². The van der Waals surface area contributed by atoms with Gasteiger partial charge in [-0.3, -0.25) is 4.79 Å². The van der Waals surface area contributed by atoms with E-state index >= 15 is 0 Å². The molecule has 0 fully saturated rings. The first-order valence-corrected chi connectivity index (χ1v) is 8.63. The lowest BCUT2D eigenvalue weighted by Crippen LogP contribution is -2.11. The molecule has 0 unspecified atom stereocenters. The van der Waals surface area contributed by atoms with Gasteiger partial charge in [-0.25, -0.2) is 4.98 Å². The van der Waals surface area contributed by atoms with E-state index in [9.17, 15) is 4.79 Å². The average Bonchev–Trinajstić information content (AvgIpc) is 3.11. The van der Waals surface area contributed by atoms with Crippen molar-refractivity contribution in [1.29, 1.82) is 0 Å². The second kappa shape index (κ2) is 7.13. The lowest BCUT2D eigenvalue weighted by molar-refractivity contribution is 0.102. The summed E-state index contributed by atoms with van der Waals surface area (Å²) >= 11 is 6.21. The predicted octanol–water partition coefficient (Wildman–Crippen LogP) is 5.41. The standard InChI is InChI=1S/C21H15ClN2O3/c1-26-15-9-6-13(7-10-15)20(25)23-14-8-11-18-19(12-14)27-21(24-18)16-4-2-3-5-17(16)22/h2-12H,1H3,(H,23,25). The van der Waals surface area contributed by atoms with Crippen molar-refractivity contribution in [3.05, 3.63) is 77.3 Å². The number of methoxy groups -OCH3 is 1. The van der Waals surface area contributed by atoms with E-state index in [-0.39, 0.29) is 5.91 Å². The molecule has 0 aliphatic carbocycles. The highest BCUT2D eigenvalue weighted by Gasteiger charge is 2.13. The summed E-state index contributed by atoms with van der Waals surface area (Å²) in [6, 6.07) is 19.6. The molecule has 0 spiro atoms. The highest BCUT2D eigenvalue weighted by molar-refractivity contribution is 6.33. The summed E-state index contributed by atoms with van der Waals surface area (Å²) in [6.45, 7) is 0. The summed E-state index contributed by atoms with van der Waals surface area (Å²) in [5.74, 6) is 0.916. The third-order valence-electron chi connectivity index (χ3n) is 4.10. The number of fused-ring (bicyclic) bond motifs is 1. The summed E-state index contributed by atoms with van der Waals surface area (Å²) in [5, 5.41) is 3.42. The van der Waals surface area contributed by atoms with E-state index in [0.29, 0.717) is 39.0 Å². The number of oxazole rings is 1. The number of halogens is 1. The minimum absolute atomic E-state index is 0.220. The third kappa shape index (κ3) is 3.50. The third-order valence-corrected chi connectivity index (χ3v) is 4.43. The fourth-order valence-corrected chi connectivity index (χ4v) is 2.91. The highest BCUT2D eigenvalue weighted by Crippen LogP contribution is 2.30. The molecule has 4 aromatic rings. The molecule has 1 heterocycles. The number of hydrogen-bond donors (Lipinski definition) is 1. The second-order valence-corrected chi connectivity index (χ2v) is 6.27. The van der Waals surface area contributed by atoms with Crippen LogP contribution in [0.5, 0.6) is 5.75 Å². The number of ether oxygens (including phenoxy) is 1. The predicted molar refractivity (Wildman–Crippen MR) is 105 cm³/mol. The summed E-state index contributed by atoms with van der Waals surface area (Å²) < 4.78 is 10.9. The van der Waals surface area contributed by atoms with Crippen molar-refractivity contribution in [2.75, 3.05) is 12.4 Å². The van der Waals surface area contributed by atoms with Gasteiger partial charge in [0.1, 0.15) is 11.3 Å². The van der Waals surface area contributed by atoms with Crippen LogP contribution in [0.15, 0.2) is 71.1 Å². The fourth-order valence-electron chi connectivity index (χ4n) is 2.70. The molecule has 1 N–H and O–H groups in total. The molecule has 0 bridgehead atoms. The Kier molecular flexibility index (Phi) is 4.52. The van der Waals surface area contributed by atoms with Crippen LogP contribution in [-0.2, 0) is 0 Å². The van der Waals surface area contributed by atoms with Crippen molar-refractivity contribution in [3.63, 3.8) is 0 Å². The Morgan fingerprint density at radius 1 is 1.07 bits per heavy atom. The minimum Gasteiger partial charge on any atom is -0.497 e. The summed E-state index contributed by atoms with van der Waals surface area (Å²) in [4.78, 5) is 16.9. The monoisotopic (exact) mass is 378 g/mol. The zero-order valence-corrected chi connectivity index (χ0v) is 15.2. The SMILES string of the molecule is COc1ccc(C(=O)Nc2ccc3nc(-c4ccccc4Cl)oc3c2)cc1. The number of amides is 1. The van der Waals surface area contributed by atoms with Gasteiger partial charge in [0.05, 0.1) is 17.7 Å². The van der Waals surface area contributed by atoms with Gasteiger partial charge >= 0.3 is 0 Å². The van der Waals surface area contributed by atoms with Gasteiger partial charge in [0.15, 0.2) is 5.58 Å². The Balaban J connectivity index is 1.59.